The minimum Gasteiger partial charge on any atom is -0.381 e. The van der Waals surface area contributed by atoms with Crippen molar-refractivity contribution in [2.24, 2.45) is 0 Å². The molecular formula is C12H19BrN4O. The van der Waals surface area contributed by atoms with Crippen LogP contribution < -0.4 is 16.2 Å². The van der Waals surface area contributed by atoms with Crippen LogP contribution in [0, 0.1) is 0 Å². The van der Waals surface area contributed by atoms with Gasteiger partial charge in [0.05, 0.1) is 18.4 Å². The third-order valence-corrected chi connectivity index (χ3v) is 3.10. The number of nitrogens with zero attached hydrogens (tertiary/aromatic N) is 2. The normalized spacial score (nSPS) is 10.3. The van der Waals surface area contributed by atoms with Crippen LogP contribution in [0.4, 0.5) is 5.69 Å². The molecule has 0 saturated heterocycles. The topological polar surface area (TPSA) is 59.0 Å². The summed E-state index contributed by atoms with van der Waals surface area (Å²) in [5.41, 5.74) is 0.569. The zero-order valence-corrected chi connectivity index (χ0v) is 12.2. The van der Waals surface area contributed by atoms with Gasteiger partial charge in [-0.25, -0.2) is 4.68 Å². The van der Waals surface area contributed by atoms with E-state index in [0.29, 0.717) is 11.0 Å². The van der Waals surface area contributed by atoms with Gasteiger partial charge < -0.3 is 10.6 Å². The smallest absolute Gasteiger partial charge is 0.283 e. The van der Waals surface area contributed by atoms with E-state index >= 15 is 0 Å². The van der Waals surface area contributed by atoms with E-state index in [1.165, 1.54) is 4.68 Å². The molecule has 0 saturated carbocycles. The summed E-state index contributed by atoms with van der Waals surface area (Å²) >= 11 is 3.29. The molecule has 5 nitrogen and oxygen atoms in total. The second kappa shape index (κ2) is 8.05. The van der Waals surface area contributed by atoms with Gasteiger partial charge in [-0.1, -0.05) is 13.0 Å². The Bertz CT molecular complexity index is 444. The van der Waals surface area contributed by atoms with Crippen molar-refractivity contribution in [2.75, 3.05) is 25.0 Å². The standard InChI is InChI=1S/C12H19BrN4O/c1-3-5-14-6-7-15-10-9-16-17(8-4-2)12(18)11(10)13/h4,9,14-15H,2-3,5-8H2,1H3. The van der Waals surface area contributed by atoms with E-state index in [-0.39, 0.29) is 5.56 Å². The van der Waals surface area contributed by atoms with Crippen LogP contribution in [-0.2, 0) is 6.54 Å². The highest BCUT2D eigenvalue weighted by Gasteiger charge is 2.07. The highest BCUT2D eigenvalue weighted by Crippen LogP contribution is 2.15. The first-order chi connectivity index (χ1) is 8.70. The molecule has 0 radical (unpaired) electrons. The van der Waals surface area contributed by atoms with Crippen LogP contribution in [0.5, 0.6) is 0 Å². The van der Waals surface area contributed by atoms with Crippen LogP contribution in [0.2, 0.25) is 0 Å². The zero-order chi connectivity index (χ0) is 13.4. The van der Waals surface area contributed by atoms with Crippen molar-refractivity contribution in [1.29, 1.82) is 0 Å². The third kappa shape index (κ3) is 4.27. The second-order valence-corrected chi connectivity index (χ2v) is 4.62. The fraction of sp³-hybridized carbons (Fsp3) is 0.500. The molecule has 2 N–H and O–H groups in total. The molecule has 0 fully saturated rings. The number of aromatic nitrogens is 2. The Kier molecular flexibility index (Phi) is 6.67. The fourth-order valence-electron chi connectivity index (χ4n) is 1.43. The van der Waals surface area contributed by atoms with Crippen molar-refractivity contribution in [2.45, 2.75) is 19.9 Å². The van der Waals surface area contributed by atoms with Gasteiger partial charge in [-0.05, 0) is 28.9 Å². The molecule has 0 amide bonds. The third-order valence-electron chi connectivity index (χ3n) is 2.33. The summed E-state index contributed by atoms with van der Waals surface area (Å²) in [6.45, 7) is 8.74. The SMILES string of the molecule is C=CCn1ncc(NCCNCCC)c(Br)c1=O. The summed E-state index contributed by atoms with van der Waals surface area (Å²) < 4.78 is 1.87. The molecule has 18 heavy (non-hydrogen) atoms. The van der Waals surface area contributed by atoms with Gasteiger partial charge in [-0.15, -0.1) is 6.58 Å². The average molecular weight is 315 g/mol. The molecule has 1 aromatic rings. The molecule has 0 bridgehead atoms. The number of hydrogen-bond donors (Lipinski definition) is 2. The fourth-order valence-corrected chi connectivity index (χ4v) is 1.88. The summed E-state index contributed by atoms with van der Waals surface area (Å²) in [5, 5.41) is 10.5. The van der Waals surface area contributed by atoms with Gasteiger partial charge in [0.1, 0.15) is 4.47 Å². The van der Waals surface area contributed by atoms with Gasteiger partial charge in [-0.2, -0.15) is 5.10 Å². The zero-order valence-electron chi connectivity index (χ0n) is 10.6. The monoisotopic (exact) mass is 314 g/mol. The van der Waals surface area contributed by atoms with E-state index in [4.69, 9.17) is 0 Å². The Morgan fingerprint density at radius 2 is 2.28 bits per heavy atom. The number of rotatable bonds is 8. The van der Waals surface area contributed by atoms with E-state index in [1.807, 2.05) is 0 Å². The van der Waals surface area contributed by atoms with Gasteiger partial charge in [0.15, 0.2) is 0 Å². The van der Waals surface area contributed by atoms with E-state index in [9.17, 15) is 4.79 Å². The summed E-state index contributed by atoms with van der Waals surface area (Å²) in [4.78, 5) is 11.9. The molecule has 0 aliphatic heterocycles. The van der Waals surface area contributed by atoms with Gasteiger partial charge >= 0.3 is 0 Å². The number of halogens is 1. The molecule has 100 valence electrons. The lowest BCUT2D eigenvalue weighted by atomic mass is 10.4. The van der Waals surface area contributed by atoms with Crippen molar-refractivity contribution in [1.82, 2.24) is 15.1 Å². The predicted octanol–water partition coefficient (Wildman–Crippen LogP) is 1.60. The molecule has 1 aromatic heterocycles. The highest BCUT2D eigenvalue weighted by molar-refractivity contribution is 9.10. The Morgan fingerprint density at radius 3 is 2.94 bits per heavy atom. The predicted molar refractivity (Wildman–Crippen MR) is 78.0 cm³/mol. The first kappa shape index (κ1) is 14.9. The maximum absolute atomic E-state index is 11.9. The first-order valence-corrected chi connectivity index (χ1v) is 6.81. The molecular weight excluding hydrogens is 296 g/mol. The maximum Gasteiger partial charge on any atom is 0.283 e. The van der Waals surface area contributed by atoms with Crippen molar-refractivity contribution >= 4 is 21.6 Å². The number of allylic oxidation sites excluding steroid dienone is 1. The Morgan fingerprint density at radius 1 is 1.50 bits per heavy atom. The number of hydrogen-bond acceptors (Lipinski definition) is 4. The summed E-state index contributed by atoms with van der Waals surface area (Å²) in [5.74, 6) is 0. The van der Waals surface area contributed by atoms with Crippen LogP contribution in [0.1, 0.15) is 13.3 Å². The minimum absolute atomic E-state index is 0.151. The Hall–Kier alpha value is -1.14. The molecule has 1 heterocycles. The molecule has 0 aromatic carbocycles. The molecule has 0 aliphatic rings. The van der Waals surface area contributed by atoms with Crippen molar-refractivity contribution in [3.63, 3.8) is 0 Å². The largest absolute Gasteiger partial charge is 0.381 e. The molecule has 1 rings (SSSR count). The average Bonchev–Trinajstić information content (AvgIpc) is 2.37. The lowest BCUT2D eigenvalue weighted by molar-refractivity contribution is 0.647. The summed E-state index contributed by atoms with van der Waals surface area (Å²) in [7, 11) is 0. The maximum atomic E-state index is 11.9. The minimum atomic E-state index is -0.151. The van der Waals surface area contributed by atoms with Gasteiger partial charge in [-0.3, -0.25) is 4.79 Å². The van der Waals surface area contributed by atoms with Crippen LogP contribution in [0.15, 0.2) is 28.1 Å². The Labute approximate surface area is 115 Å². The van der Waals surface area contributed by atoms with E-state index < -0.39 is 0 Å². The van der Waals surface area contributed by atoms with Crippen molar-refractivity contribution in [3.05, 3.63) is 33.7 Å². The van der Waals surface area contributed by atoms with Crippen LogP contribution >= 0.6 is 15.9 Å². The molecule has 0 aliphatic carbocycles. The molecule has 6 heteroatoms. The number of nitrogens with one attached hydrogen (secondary N) is 2. The first-order valence-electron chi connectivity index (χ1n) is 6.01. The highest BCUT2D eigenvalue weighted by atomic mass is 79.9. The van der Waals surface area contributed by atoms with E-state index in [1.54, 1.807) is 12.3 Å². The van der Waals surface area contributed by atoms with Gasteiger partial charge in [0, 0.05) is 13.1 Å². The van der Waals surface area contributed by atoms with Crippen molar-refractivity contribution < 1.29 is 0 Å². The number of anilines is 1. The van der Waals surface area contributed by atoms with E-state index in [2.05, 4.69) is 45.2 Å². The summed E-state index contributed by atoms with van der Waals surface area (Å²) in [6.07, 6.45) is 4.40. The lowest BCUT2D eigenvalue weighted by Gasteiger charge is -2.09. The van der Waals surface area contributed by atoms with Crippen LogP contribution in [0.25, 0.3) is 0 Å². The summed E-state index contributed by atoms with van der Waals surface area (Å²) in [6, 6.07) is 0. The van der Waals surface area contributed by atoms with Crippen LogP contribution in [0.3, 0.4) is 0 Å². The molecule has 0 spiro atoms. The van der Waals surface area contributed by atoms with Gasteiger partial charge in [0.2, 0.25) is 0 Å². The van der Waals surface area contributed by atoms with Gasteiger partial charge in [0.25, 0.3) is 5.56 Å². The van der Waals surface area contributed by atoms with Crippen molar-refractivity contribution in [3.8, 4) is 0 Å². The second-order valence-electron chi connectivity index (χ2n) is 3.82. The Balaban J connectivity index is 2.59. The quantitative estimate of drug-likeness (QED) is 0.565. The van der Waals surface area contributed by atoms with Crippen LogP contribution in [-0.4, -0.2) is 29.4 Å². The molecule has 0 atom stereocenters. The molecule has 0 unspecified atom stereocenters. The lowest BCUT2D eigenvalue weighted by Crippen LogP contribution is -2.26. The van der Waals surface area contributed by atoms with E-state index in [0.717, 1.165) is 31.7 Å².